The number of benzene rings is 2. The largest absolute Gasteiger partial charge is 0.465 e. The van der Waals surface area contributed by atoms with Crippen LogP contribution in [0.4, 0.5) is 4.79 Å². The topological polar surface area (TPSA) is 125 Å². The van der Waals surface area contributed by atoms with Crippen molar-refractivity contribution in [2.45, 2.75) is 63.5 Å². The zero-order valence-corrected chi connectivity index (χ0v) is 21.6. The standard InChI is InChI=1S/C29H39N3O5/c1-20-8-2-4-11-25(20)37-26-12-5-3-10-24(26)29(36,15-7-16-31-28(34)35)22-9-6-17-32(19-22)27(33)21-13-14-23(30)18-21/h2-5,8,10-12,21-23,31,36H,6-7,9,13-19,30H2,1H3,(H,34,35)/t21-,22-,23+,29+/m1/s1. The van der Waals surface area contributed by atoms with E-state index in [1.54, 1.807) is 0 Å². The molecule has 2 fully saturated rings. The van der Waals surface area contributed by atoms with Crippen molar-refractivity contribution in [3.05, 3.63) is 59.7 Å². The number of nitrogens with zero attached hydrogens (tertiary/aromatic N) is 1. The summed E-state index contributed by atoms with van der Waals surface area (Å²) in [4.78, 5) is 26.2. The third-order valence-electron chi connectivity index (χ3n) is 7.91. The molecular formula is C29H39N3O5. The predicted octanol–water partition coefficient (Wildman–Crippen LogP) is 4.39. The number of likely N-dealkylation sites (tertiary alicyclic amines) is 1. The smallest absolute Gasteiger partial charge is 0.404 e. The van der Waals surface area contributed by atoms with Gasteiger partial charge in [-0.05, 0) is 69.6 Å². The van der Waals surface area contributed by atoms with Gasteiger partial charge in [-0.2, -0.15) is 0 Å². The average molecular weight is 510 g/mol. The van der Waals surface area contributed by atoms with Crippen LogP contribution in [0.2, 0.25) is 0 Å². The Morgan fingerprint density at radius 3 is 2.54 bits per heavy atom. The van der Waals surface area contributed by atoms with Crippen LogP contribution in [0.5, 0.6) is 11.5 Å². The number of para-hydroxylation sites is 2. The molecule has 0 radical (unpaired) electrons. The minimum Gasteiger partial charge on any atom is -0.465 e. The van der Waals surface area contributed by atoms with Crippen LogP contribution in [0, 0.1) is 18.8 Å². The van der Waals surface area contributed by atoms with Gasteiger partial charge in [0.1, 0.15) is 11.5 Å². The number of amides is 2. The Hall–Kier alpha value is -3.10. The predicted molar refractivity (Wildman–Crippen MR) is 141 cm³/mol. The molecule has 1 aliphatic carbocycles. The summed E-state index contributed by atoms with van der Waals surface area (Å²) >= 11 is 0. The van der Waals surface area contributed by atoms with Crippen molar-refractivity contribution >= 4 is 12.0 Å². The van der Waals surface area contributed by atoms with Crippen molar-refractivity contribution in [2.24, 2.45) is 17.6 Å². The summed E-state index contributed by atoms with van der Waals surface area (Å²) in [5.41, 5.74) is 6.42. The number of rotatable bonds is 9. The average Bonchev–Trinajstić information content (AvgIpc) is 3.34. The lowest BCUT2D eigenvalue weighted by Gasteiger charge is -2.44. The second kappa shape index (κ2) is 12.0. The van der Waals surface area contributed by atoms with Gasteiger partial charge in [0, 0.05) is 43.1 Å². The number of carbonyl (C=O) groups is 2. The molecule has 2 amide bonds. The lowest BCUT2D eigenvalue weighted by molar-refractivity contribution is -0.141. The molecule has 1 heterocycles. The minimum atomic E-state index is -1.30. The number of piperidine rings is 1. The van der Waals surface area contributed by atoms with Gasteiger partial charge < -0.3 is 30.9 Å². The van der Waals surface area contributed by atoms with Gasteiger partial charge in [-0.15, -0.1) is 0 Å². The second-order valence-corrected chi connectivity index (χ2v) is 10.5. The number of carboxylic acid groups (broad SMARTS) is 1. The lowest BCUT2D eigenvalue weighted by atomic mass is 9.73. The van der Waals surface area contributed by atoms with E-state index < -0.39 is 11.7 Å². The number of nitrogens with one attached hydrogen (secondary N) is 1. The molecule has 4 rings (SSSR count). The molecule has 1 saturated heterocycles. The Balaban J connectivity index is 1.61. The maximum atomic E-state index is 13.3. The Kier molecular flexibility index (Phi) is 8.71. The van der Waals surface area contributed by atoms with Crippen LogP contribution >= 0.6 is 0 Å². The molecule has 2 aliphatic rings. The molecular weight excluding hydrogens is 470 g/mol. The van der Waals surface area contributed by atoms with Crippen LogP contribution in [0.25, 0.3) is 0 Å². The van der Waals surface area contributed by atoms with Crippen LogP contribution in [0.15, 0.2) is 48.5 Å². The minimum absolute atomic E-state index is 0.0433. The molecule has 200 valence electrons. The van der Waals surface area contributed by atoms with Crippen LogP contribution < -0.4 is 15.8 Å². The zero-order chi connectivity index (χ0) is 26.4. The summed E-state index contributed by atoms with van der Waals surface area (Å²) in [6, 6.07) is 15.3. The first-order chi connectivity index (χ1) is 17.8. The van der Waals surface area contributed by atoms with E-state index in [9.17, 15) is 14.7 Å². The van der Waals surface area contributed by atoms with E-state index in [1.807, 2.05) is 60.4 Å². The van der Waals surface area contributed by atoms with E-state index in [4.69, 9.17) is 15.6 Å². The van der Waals surface area contributed by atoms with Gasteiger partial charge in [0.25, 0.3) is 0 Å². The Labute approximate surface area is 218 Å². The normalized spacial score (nSPS) is 23.3. The summed E-state index contributed by atoms with van der Waals surface area (Å²) in [7, 11) is 0. The van der Waals surface area contributed by atoms with Gasteiger partial charge in [0.15, 0.2) is 0 Å². The van der Waals surface area contributed by atoms with E-state index in [1.165, 1.54) is 0 Å². The molecule has 2 aromatic rings. The molecule has 1 aliphatic heterocycles. The summed E-state index contributed by atoms with van der Waals surface area (Å²) < 4.78 is 6.33. The third-order valence-corrected chi connectivity index (χ3v) is 7.91. The number of hydrogen-bond donors (Lipinski definition) is 4. The first-order valence-electron chi connectivity index (χ1n) is 13.3. The molecule has 8 nitrogen and oxygen atoms in total. The van der Waals surface area contributed by atoms with E-state index in [0.717, 1.165) is 37.7 Å². The molecule has 2 aromatic carbocycles. The van der Waals surface area contributed by atoms with Crippen molar-refractivity contribution in [3.63, 3.8) is 0 Å². The van der Waals surface area contributed by atoms with Gasteiger partial charge in [-0.1, -0.05) is 36.4 Å². The quantitative estimate of drug-likeness (QED) is 0.372. The zero-order valence-electron chi connectivity index (χ0n) is 21.6. The van der Waals surface area contributed by atoms with Crippen molar-refractivity contribution in [2.75, 3.05) is 19.6 Å². The number of aliphatic hydroxyl groups is 1. The molecule has 5 N–H and O–H groups in total. The monoisotopic (exact) mass is 509 g/mol. The number of nitrogens with two attached hydrogens (primary N) is 1. The number of ether oxygens (including phenoxy) is 1. The van der Waals surface area contributed by atoms with Gasteiger partial charge in [0.05, 0.1) is 5.60 Å². The van der Waals surface area contributed by atoms with Gasteiger partial charge in [-0.25, -0.2) is 4.79 Å². The molecule has 0 bridgehead atoms. The molecule has 1 saturated carbocycles. The van der Waals surface area contributed by atoms with E-state index in [-0.39, 0.29) is 30.3 Å². The molecule has 37 heavy (non-hydrogen) atoms. The summed E-state index contributed by atoms with van der Waals surface area (Å²) in [5.74, 6) is 1.15. The fraction of sp³-hybridized carbons (Fsp3) is 0.517. The molecule has 8 heteroatoms. The summed E-state index contributed by atoms with van der Waals surface area (Å²) in [5, 5.41) is 23.8. The molecule has 0 unspecified atom stereocenters. The fourth-order valence-corrected chi connectivity index (χ4v) is 5.88. The van der Waals surface area contributed by atoms with Crippen molar-refractivity contribution in [3.8, 4) is 11.5 Å². The Morgan fingerprint density at radius 1 is 1.11 bits per heavy atom. The van der Waals surface area contributed by atoms with Crippen LogP contribution in [-0.4, -0.2) is 52.8 Å². The highest BCUT2D eigenvalue weighted by Crippen LogP contribution is 2.44. The SMILES string of the molecule is Cc1ccccc1Oc1ccccc1[C@](O)(CCCNC(=O)O)[C@@H]1CCCN(C(=O)[C@@H]2CC[C@H](N)C2)C1. The molecule has 0 spiro atoms. The van der Waals surface area contributed by atoms with E-state index >= 15 is 0 Å². The van der Waals surface area contributed by atoms with Crippen molar-refractivity contribution in [1.82, 2.24) is 10.2 Å². The molecule has 4 atom stereocenters. The molecule has 0 aromatic heterocycles. The first kappa shape index (κ1) is 26.9. The number of aryl methyl sites for hydroxylation is 1. The highest BCUT2D eigenvalue weighted by Gasteiger charge is 2.44. The number of carbonyl (C=O) groups excluding carboxylic acids is 1. The van der Waals surface area contributed by atoms with Crippen molar-refractivity contribution in [1.29, 1.82) is 0 Å². The Bertz CT molecular complexity index is 1090. The highest BCUT2D eigenvalue weighted by molar-refractivity contribution is 5.79. The lowest BCUT2D eigenvalue weighted by Crippen LogP contribution is -2.49. The van der Waals surface area contributed by atoms with Crippen LogP contribution in [0.1, 0.15) is 56.1 Å². The number of hydrogen-bond acceptors (Lipinski definition) is 5. The maximum Gasteiger partial charge on any atom is 0.404 e. The van der Waals surface area contributed by atoms with Crippen LogP contribution in [-0.2, 0) is 10.4 Å². The van der Waals surface area contributed by atoms with Gasteiger partial charge >= 0.3 is 6.09 Å². The first-order valence-corrected chi connectivity index (χ1v) is 13.3. The second-order valence-electron chi connectivity index (χ2n) is 10.5. The van der Waals surface area contributed by atoms with E-state index in [0.29, 0.717) is 43.0 Å². The highest BCUT2D eigenvalue weighted by atomic mass is 16.5. The van der Waals surface area contributed by atoms with Gasteiger partial charge in [0.2, 0.25) is 5.91 Å². The van der Waals surface area contributed by atoms with Crippen molar-refractivity contribution < 1.29 is 24.5 Å². The van der Waals surface area contributed by atoms with Crippen LogP contribution in [0.3, 0.4) is 0 Å². The van der Waals surface area contributed by atoms with Gasteiger partial charge in [-0.3, -0.25) is 4.79 Å². The summed E-state index contributed by atoms with van der Waals surface area (Å²) in [6.45, 7) is 3.33. The van der Waals surface area contributed by atoms with E-state index in [2.05, 4.69) is 5.32 Å². The Morgan fingerprint density at radius 2 is 1.84 bits per heavy atom. The third kappa shape index (κ3) is 6.43. The maximum absolute atomic E-state index is 13.3. The summed E-state index contributed by atoms with van der Waals surface area (Å²) in [6.07, 6.45) is 3.67. The fourth-order valence-electron chi connectivity index (χ4n) is 5.88.